The van der Waals surface area contributed by atoms with Crippen molar-refractivity contribution >= 4 is 5.95 Å². The molecule has 1 rings (SSSR count). The number of aryl methyl sites for hydroxylation is 2. The molecule has 18 heavy (non-hydrogen) atoms. The van der Waals surface area contributed by atoms with Gasteiger partial charge in [-0.2, -0.15) is 0 Å². The lowest BCUT2D eigenvalue weighted by molar-refractivity contribution is 0.269. The number of unbranched alkanes of at least 4 members (excludes halogenated alkanes) is 1. The first kappa shape index (κ1) is 15.0. The first-order valence-electron chi connectivity index (χ1n) is 7.02. The predicted molar refractivity (Wildman–Crippen MR) is 78.1 cm³/mol. The maximum Gasteiger partial charge on any atom is 0.203 e. The van der Waals surface area contributed by atoms with Crippen LogP contribution in [0.3, 0.4) is 0 Å². The van der Waals surface area contributed by atoms with Gasteiger partial charge in [-0.1, -0.05) is 0 Å². The Hall–Kier alpha value is -1.03. The second kappa shape index (κ2) is 7.41. The van der Waals surface area contributed by atoms with Crippen molar-refractivity contribution in [1.82, 2.24) is 14.5 Å². The molecular formula is C14H28N4. The van der Waals surface area contributed by atoms with Crippen LogP contribution in [0, 0.1) is 6.92 Å². The highest BCUT2D eigenvalue weighted by Crippen LogP contribution is 2.08. The molecule has 0 fully saturated rings. The Morgan fingerprint density at radius 1 is 1.39 bits per heavy atom. The molecule has 1 aromatic heterocycles. The van der Waals surface area contributed by atoms with Gasteiger partial charge in [-0.05, 0) is 54.1 Å². The number of nitrogens with zero attached hydrogens (tertiary/aromatic N) is 3. The van der Waals surface area contributed by atoms with E-state index in [-0.39, 0.29) is 0 Å². The van der Waals surface area contributed by atoms with Gasteiger partial charge in [0.15, 0.2) is 0 Å². The van der Waals surface area contributed by atoms with Gasteiger partial charge in [0.1, 0.15) is 0 Å². The van der Waals surface area contributed by atoms with Gasteiger partial charge in [0, 0.05) is 25.3 Å². The Bertz CT molecular complexity index is 344. The summed E-state index contributed by atoms with van der Waals surface area (Å²) in [7, 11) is 2.19. The van der Waals surface area contributed by atoms with Crippen LogP contribution in [0.15, 0.2) is 6.20 Å². The van der Waals surface area contributed by atoms with E-state index in [9.17, 15) is 0 Å². The van der Waals surface area contributed by atoms with Crippen LogP contribution in [-0.2, 0) is 6.54 Å². The van der Waals surface area contributed by atoms with E-state index in [0.717, 1.165) is 24.7 Å². The van der Waals surface area contributed by atoms with E-state index in [0.29, 0.717) is 6.04 Å². The summed E-state index contributed by atoms with van der Waals surface area (Å²) in [6.07, 6.45) is 4.51. The zero-order valence-electron chi connectivity index (χ0n) is 12.5. The maximum atomic E-state index is 4.48. The minimum atomic E-state index is 0.639. The van der Waals surface area contributed by atoms with Crippen LogP contribution in [0.4, 0.5) is 5.95 Å². The van der Waals surface area contributed by atoms with Gasteiger partial charge in [-0.15, -0.1) is 0 Å². The molecule has 0 saturated heterocycles. The second-order valence-electron chi connectivity index (χ2n) is 5.20. The molecule has 0 radical (unpaired) electrons. The molecule has 0 aliphatic carbocycles. The monoisotopic (exact) mass is 252 g/mol. The summed E-state index contributed by atoms with van der Waals surface area (Å²) in [4.78, 5) is 6.87. The van der Waals surface area contributed by atoms with Gasteiger partial charge in [0.2, 0.25) is 5.95 Å². The number of rotatable bonds is 8. The second-order valence-corrected chi connectivity index (χ2v) is 5.20. The summed E-state index contributed by atoms with van der Waals surface area (Å²) >= 11 is 0. The molecule has 0 amide bonds. The third-order valence-electron chi connectivity index (χ3n) is 3.34. The molecule has 0 aromatic carbocycles. The van der Waals surface area contributed by atoms with Gasteiger partial charge < -0.3 is 14.8 Å². The van der Waals surface area contributed by atoms with Crippen LogP contribution in [0.1, 0.15) is 39.3 Å². The molecule has 0 aliphatic heterocycles. The van der Waals surface area contributed by atoms with E-state index in [4.69, 9.17) is 0 Å². The van der Waals surface area contributed by atoms with Crippen molar-refractivity contribution in [2.75, 3.05) is 25.5 Å². The molecule has 1 aromatic rings. The van der Waals surface area contributed by atoms with Crippen LogP contribution in [0.2, 0.25) is 0 Å². The van der Waals surface area contributed by atoms with Crippen molar-refractivity contribution in [2.24, 2.45) is 0 Å². The molecule has 0 aliphatic rings. The quantitative estimate of drug-likeness (QED) is 0.722. The third-order valence-corrected chi connectivity index (χ3v) is 3.34. The topological polar surface area (TPSA) is 33.1 Å². The summed E-state index contributed by atoms with van der Waals surface area (Å²) in [5.41, 5.74) is 1.08. The lowest BCUT2D eigenvalue weighted by Gasteiger charge is -2.20. The Kier molecular flexibility index (Phi) is 6.19. The minimum absolute atomic E-state index is 0.639. The highest BCUT2D eigenvalue weighted by molar-refractivity contribution is 5.28. The average Bonchev–Trinajstić information content (AvgIpc) is 2.68. The van der Waals surface area contributed by atoms with Crippen molar-refractivity contribution in [3.05, 3.63) is 11.9 Å². The Morgan fingerprint density at radius 2 is 2.11 bits per heavy atom. The first-order chi connectivity index (χ1) is 8.54. The summed E-state index contributed by atoms with van der Waals surface area (Å²) in [6, 6.07) is 0.639. The van der Waals surface area contributed by atoms with Crippen molar-refractivity contribution in [1.29, 1.82) is 0 Å². The summed E-state index contributed by atoms with van der Waals surface area (Å²) in [5.74, 6) is 1.01. The van der Waals surface area contributed by atoms with Crippen molar-refractivity contribution in [3.63, 3.8) is 0 Å². The van der Waals surface area contributed by atoms with Crippen molar-refractivity contribution in [2.45, 2.75) is 53.1 Å². The molecule has 0 spiro atoms. The Morgan fingerprint density at radius 3 is 2.72 bits per heavy atom. The molecule has 0 bridgehead atoms. The fraction of sp³-hybridized carbons (Fsp3) is 0.786. The van der Waals surface area contributed by atoms with Crippen LogP contribution in [0.5, 0.6) is 0 Å². The third kappa shape index (κ3) is 4.69. The molecule has 0 saturated carbocycles. The Balaban J connectivity index is 2.21. The van der Waals surface area contributed by atoms with E-state index < -0.39 is 0 Å². The summed E-state index contributed by atoms with van der Waals surface area (Å²) in [6.45, 7) is 11.8. The molecule has 1 N–H and O–H groups in total. The summed E-state index contributed by atoms with van der Waals surface area (Å²) in [5, 5.41) is 3.42. The van der Waals surface area contributed by atoms with E-state index in [1.807, 2.05) is 6.92 Å². The van der Waals surface area contributed by atoms with Crippen LogP contribution in [-0.4, -0.2) is 40.6 Å². The van der Waals surface area contributed by atoms with Crippen molar-refractivity contribution < 1.29 is 0 Å². The number of anilines is 1. The Labute approximate surface area is 111 Å². The number of imidazole rings is 1. The van der Waals surface area contributed by atoms with Crippen LogP contribution >= 0.6 is 0 Å². The number of aromatic nitrogens is 2. The predicted octanol–water partition coefficient (Wildman–Crippen LogP) is 2.74. The lowest BCUT2D eigenvalue weighted by atomic mass is 10.2. The van der Waals surface area contributed by atoms with Crippen molar-refractivity contribution in [3.8, 4) is 0 Å². The number of hydrogen-bond donors (Lipinski definition) is 1. The molecule has 4 nitrogen and oxygen atoms in total. The fourth-order valence-electron chi connectivity index (χ4n) is 1.87. The molecular weight excluding hydrogens is 224 g/mol. The molecule has 0 atom stereocenters. The van der Waals surface area contributed by atoms with E-state index in [2.05, 4.69) is 53.8 Å². The highest BCUT2D eigenvalue weighted by atomic mass is 15.2. The van der Waals surface area contributed by atoms with E-state index >= 15 is 0 Å². The van der Waals surface area contributed by atoms with Gasteiger partial charge in [-0.25, -0.2) is 4.98 Å². The normalized spacial score (nSPS) is 11.5. The average molecular weight is 252 g/mol. The standard InChI is InChI=1S/C14H28N4/c1-6-18-11-13(4)16-14(18)15-9-7-8-10-17(5)12(2)3/h11-12H,6-10H2,1-5H3,(H,15,16). The van der Waals surface area contributed by atoms with Gasteiger partial charge in [0.05, 0.1) is 5.69 Å². The zero-order chi connectivity index (χ0) is 13.5. The van der Waals surface area contributed by atoms with Gasteiger partial charge >= 0.3 is 0 Å². The zero-order valence-corrected chi connectivity index (χ0v) is 12.5. The van der Waals surface area contributed by atoms with E-state index in [1.54, 1.807) is 0 Å². The smallest absolute Gasteiger partial charge is 0.203 e. The number of hydrogen-bond acceptors (Lipinski definition) is 3. The van der Waals surface area contributed by atoms with Gasteiger partial charge in [-0.3, -0.25) is 0 Å². The SMILES string of the molecule is CCn1cc(C)nc1NCCCCN(C)C(C)C. The number of nitrogens with one attached hydrogen (secondary N) is 1. The van der Waals surface area contributed by atoms with Crippen LogP contribution < -0.4 is 5.32 Å². The highest BCUT2D eigenvalue weighted by Gasteiger charge is 2.04. The fourth-order valence-corrected chi connectivity index (χ4v) is 1.87. The van der Waals surface area contributed by atoms with Gasteiger partial charge in [0.25, 0.3) is 0 Å². The molecule has 4 heteroatoms. The summed E-state index contributed by atoms with van der Waals surface area (Å²) < 4.78 is 2.16. The molecule has 0 unspecified atom stereocenters. The van der Waals surface area contributed by atoms with Crippen LogP contribution in [0.25, 0.3) is 0 Å². The molecule has 1 heterocycles. The maximum absolute atomic E-state index is 4.48. The lowest BCUT2D eigenvalue weighted by Crippen LogP contribution is -2.27. The molecule has 104 valence electrons. The first-order valence-corrected chi connectivity index (χ1v) is 7.02. The minimum Gasteiger partial charge on any atom is -0.356 e. The largest absolute Gasteiger partial charge is 0.356 e. The van der Waals surface area contributed by atoms with E-state index in [1.165, 1.54) is 19.4 Å².